The third kappa shape index (κ3) is 4.42. The van der Waals surface area contributed by atoms with Gasteiger partial charge in [-0.1, -0.05) is 84.9 Å². The summed E-state index contributed by atoms with van der Waals surface area (Å²) in [6.07, 6.45) is 11.9. The number of benzene rings is 1. The summed E-state index contributed by atoms with van der Waals surface area (Å²) in [7, 11) is 0. The van der Waals surface area contributed by atoms with Crippen LogP contribution in [0.2, 0.25) is 0 Å². The Morgan fingerprint density at radius 1 is 1.14 bits per heavy atom. The maximum absolute atomic E-state index is 13.4. The van der Waals surface area contributed by atoms with Gasteiger partial charge in [0.25, 0.3) is 0 Å². The van der Waals surface area contributed by atoms with Crippen molar-refractivity contribution in [1.82, 2.24) is 5.32 Å². The number of hydrogen-bond donors (Lipinski definition) is 1. The molecule has 2 aliphatic rings. The highest BCUT2D eigenvalue weighted by Crippen LogP contribution is 2.57. The maximum Gasteiger partial charge on any atom is 0.226 e. The maximum atomic E-state index is 13.4. The summed E-state index contributed by atoms with van der Waals surface area (Å²) in [6.45, 7) is 12.3. The fourth-order valence-electron chi connectivity index (χ4n) is 6.27. The van der Waals surface area contributed by atoms with Gasteiger partial charge in [0.1, 0.15) is 0 Å². The van der Waals surface area contributed by atoms with E-state index in [1.807, 2.05) is 0 Å². The number of hydrogen-bond acceptors (Lipinski definition) is 1. The minimum absolute atomic E-state index is 0.133. The molecule has 1 fully saturated rings. The molecule has 1 aromatic carbocycles. The molecule has 1 amide bonds. The standard InChI is InChI=1S/C27H43NO/c1-6-7-8-9-10-18-28-25(29)27(5)17-11-16-26(4)23-14-12-21(20(2)3)19-22(23)13-15-24(26)27/h12,14,19-20,24H,6-11,13,15-18H2,1-5H3,(H,28,29)/t24?,26-,27-/m0/s1. The van der Waals surface area contributed by atoms with Crippen LogP contribution in [-0.2, 0) is 16.6 Å². The first-order chi connectivity index (χ1) is 13.8. The topological polar surface area (TPSA) is 29.1 Å². The highest BCUT2D eigenvalue weighted by Gasteiger charge is 2.54. The van der Waals surface area contributed by atoms with Crippen LogP contribution >= 0.6 is 0 Å². The lowest BCUT2D eigenvalue weighted by atomic mass is 9.49. The molecule has 1 N–H and O–H groups in total. The van der Waals surface area contributed by atoms with Gasteiger partial charge >= 0.3 is 0 Å². The van der Waals surface area contributed by atoms with Crippen molar-refractivity contribution in [2.75, 3.05) is 6.54 Å². The first-order valence-electron chi connectivity index (χ1n) is 12.2. The zero-order chi connectivity index (χ0) is 21.1. The molecule has 0 spiro atoms. The van der Waals surface area contributed by atoms with Gasteiger partial charge in [0, 0.05) is 6.54 Å². The van der Waals surface area contributed by atoms with Gasteiger partial charge in [-0.25, -0.2) is 0 Å². The molecule has 3 atom stereocenters. The first-order valence-corrected chi connectivity index (χ1v) is 12.2. The summed E-state index contributed by atoms with van der Waals surface area (Å²) in [4.78, 5) is 13.4. The summed E-state index contributed by atoms with van der Waals surface area (Å²) < 4.78 is 0. The lowest BCUT2D eigenvalue weighted by Crippen LogP contribution is -2.55. The quantitative estimate of drug-likeness (QED) is 0.475. The van der Waals surface area contributed by atoms with E-state index in [4.69, 9.17) is 0 Å². The van der Waals surface area contributed by atoms with Crippen LogP contribution in [0.3, 0.4) is 0 Å². The van der Waals surface area contributed by atoms with Gasteiger partial charge in [-0.2, -0.15) is 0 Å². The predicted molar refractivity (Wildman–Crippen MR) is 123 cm³/mol. The highest BCUT2D eigenvalue weighted by molar-refractivity contribution is 5.83. The molecular formula is C27H43NO. The van der Waals surface area contributed by atoms with Crippen molar-refractivity contribution in [2.45, 2.75) is 110 Å². The lowest BCUT2D eigenvalue weighted by molar-refractivity contribution is -0.139. The molecule has 2 aliphatic carbocycles. The summed E-state index contributed by atoms with van der Waals surface area (Å²) in [5.41, 5.74) is 4.41. The average Bonchev–Trinajstić information content (AvgIpc) is 2.69. The number of nitrogens with one attached hydrogen (secondary N) is 1. The van der Waals surface area contributed by atoms with Crippen LogP contribution in [0.5, 0.6) is 0 Å². The van der Waals surface area contributed by atoms with Crippen molar-refractivity contribution in [3.05, 3.63) is 34.9 Å². The van der Waals surface area contributed by atoms with Crippen LogP contribution < -0.4 is 5.32 Å². The number of rotatable bonds is 8. The number of fused-ring (bicyclic) bond motifs is 3. The van der Waals surface area contributed by atoms with Crippen molar-refractivity contribution in [2.24, 2.45) is 11.3 Å². The fraction of sp³-hybridized carbons (Fsp3) is 0.741. The van der Waals surface area contributed by atoms with Crippen molar-refractivity contribution in [3.8, 4) is 0 Å². The second-order valence-electron chi connectivity index (χ2n) is 10.5. The van der Waals surface area contributed by atoms with E-state index in [0.717, 1.165) is 38.6 Å². The van der Waals surface area contributed by atoms with Gasteiger partial charge < -0.3 is 5.32 Å². The van der Waals surface area contributed by atoms with E-state index in [2.05, 4.69) is 58.1 Å². The predicted octanol–water partition coefficient (Wildman–Crippen LogP) is 6.91. The van der Waals surface area contributed by atoms with Gasteiger partial charge in [0.05, 0.1) is 5.41 Å². The molecule has 1 unspecified atom stereocenters. The minimum atomic E-state index is -0.231. The fourth-order valence-corrected chi connectivity index (χ4v) is 6.27. The van der Waals surface area contributed by atoms with Gasteiger partial charge in [-0.05, 0) is 66.0 Å². The molecule has 29 heavy (non-hydrogen) atoms. The molecule has 0 saturated heterocycles. The zero-order valence-corrected chi connectivity index (χ0v) is 19.6. The number of carbonyl (C=O) groups excluding carboxylic acids is 1. The van der Waals surface area contributed by atoms with E-state index in [0.29, 0.717) is 17.7 Å². The number of amides is 1. The van der Waals surface area contributed by atoms with Crippen molar-refractivity contribution in [1.29, 1.82) is 0 Å². The van der Waals surface area contributed by atoms with Gasteiger partial charge in [0.2, 0.25) is 5.91 Å². The Labute approximate surface area is 179 Å². The first kappa shape index (κ1) is 22.4. The number of carbonyl (C=O) groups is 1. The van der Waals surface area contributed by atoms with Crippen molar-refractivity contribution < 1.29 is 4.79 Å². The Kier molecular flexibility index (Phi) is 7.12. The second kappa shape index (κ2) is 9.23. The summed E-state index contributed by atoms with van der Waals surface area (Å²) in [6, 6.07) is 7.18. The van der Waals surface area contributed by atoms with Gasteiger partial charge in [0.15, 0.2) is 0 Å². The van der Waals surface area contributed by atoms with Gasteiger partial charge in [-0.15, -0.1) is 0 Å². The van der Waals surface area contributed by atoms with E-state index in [1.54, 1.807) is 0 Å². The third-order valence-electron chi connectivity index (χ3n) is 8.13. The SMILES string of the molecule is CCCCCCCNC(=O)[C@@]1(C)CCC[C@@]2(C)c3ccc(C(C)C)cc3CCC21. The van der Waals surface area contributed by atoms with Crippen LogP contribution in [0.4, 0.5) is 0 Å². The minimum Gasteiger partial charge on any atom is -0.356 e. The Balaban J connectivity index is 1.74. The molecule has 0 aliphatic heterocycles. The van der Waals surface area contributed by atoms with E-state index >= 15 is 0 Å². The van der Waals surface area contributed by atoms with Crippen LogP contribution in [-0.4, -0.2) is 12.5 Å². The lowest BCUT2D eigenvalue weighted by Gasteiger charge is -2.54. The zero-order valence-electron chi connectivity index (χ0n) is 19.6. The van der Waals surface area contributed by atoms with E-state index in [9.17, 15) is 4.79 Å². The normalized spacial score (nSPS) is 28.7. The molecule has 2 nitrogen and oxygen atoms in total. The Morgan fingerprint density at radius 3 is 2.62 bits per heavy atom. The third-order valence-corrected chi connectivity index (χ3v) is 8.13. The molecular weight excluding hydrogens is 354 g/mol. The number of aryl methyl sites for hydroxylation is 1. The molecule has 2 heteroatoms. The smallest absolute Gasteiger partial charge is 0.226 e. The number of unbranched alkanes of at least 4 members (excludes halogenated alkanes) is 4. The Morgan fingerprint density at radius 2 is 1.90 bits per heavy atom. The molecule has 0 bridgehead atoms. The van der Waals surface area contributed by atoms with Crippen LogP contribution in [0, 0.1) is 11.3 Å². The molecule has 0 heterocycles. The summed E-state index contributed by atoms with van der Waals surface area (Å²) in [5, 5.41) is 3.33. The van der Waals surface area contributed by atoms with Crippen LogP contribution in [0.25, 0.3) is 0 Å². The van der Waals surface area contributed by atoms with Crippen LogP contribution in [0.15, 0.2) is 18.2 Å². The highest BCUT2D eigenvalue weighted by atomic mass is 16.2. The molecule has 0 aromatic heterocycles. The molecule has 3 rings (SSSR count). The average molecular weight is 398 g/mol. The monoisotopic (exact) mass is 397 g/mol. The largest absolute Gasteiger partial charge is 0.356 e. The molecule has 1 saturated carbocycles. The Bertz CT molecular complexity index is 708. The van der Waals surface area contributed by atoms with Crippen molar-refractivity contribution >= 4 is 5.91 Å². The molecule has 162 valence electrons. The second-order valence-corrected chi connectivity index (χ2v) is 10.5. The summed E-state index contributed by atoms with van der Waals surface area (Å²) in [5.74, 6) is 1.33. The van der Waals surface area contributed by atoms with Crippen molar-refractivity contribution in [3.63, 3.8) is 0 Å². The summed E-state index contributed by atoms with van der Waals surface area (Å²) >= 11 is 0. The van der Waals surface area contributed by atoms with E-state index < -0.39 is 0 Å². The van der Waals surface area contributed by atoms with E-state index in [1.165, 1.54) is 48.8 Å². The van der Waals surface area contributed by atoms with Gasteiger partial charge in [-0.3, -0.25) is 4.79 Å². The molecule has 1 aromatic rings. The van der Waals surface area contributed by atoms with E-state index in [-0.39, 0.29) is 10.8 Å². The van der Waals surface area contributed by atoms with Crippen LogP contribution in [0.1, 0.15) is 115 Å². The molecule has 0 radical (unpaired) electrons. The Hall–Kier alpha value is -1.31.